The molecule has 0 fully saturated rings. The van der Waals surface area contributed by atoms with Crippen molar-refractivity contribution < 1.29 is 9.53 Å². The predicted molar refractivity (Wildman–Crippen MR) is 109 cm³/mol. The lowest BCUT2D eigenvalue weighted by atomic mass is 9.99. The average Bonchev–Trinajstić information content (AvgIpc) is 2.73. The zero-order chi connectivity index (χ0) is 18.9. The quantitative estimate of drug-likeness (QED) is 0.430. The SMILES string of the molecule is CCOC(=O)CC(N=C(c1ccccc1)c1ccccc1)c1ccccc1. The van der Waals surface area contributed by atoms with Crippen LogP contribution in [0.25, 0.3) is 0 Å². The number of rotatable bonds is 7. The smallest absolute Gasteiger partial charge is 0.308 e. The van der Waals surface area contributed by atoms with Crippen LogP contribution in [0.1, 0.15) is 36.1 Å². The lowest BCUT2D eigenvalue weighted by Crippen LogP contribution is -2.12. The fourth-order valence-electron chi connectivity index (χ4n) is 2.95. The summed E-state index contributed by atoms with van der Waals surface area (Å²) in [7, 11) is 0. The fourth-order valence-corrected chi connectivity index (χ4v) is 2.95. The maximum atomic E-state index is 12.2. The van der Waals surface area contributed by atoms with Crippen molar-refractivity contribution in [2.24, 2.45) is 4.99 Å². The Hall–Kier alpha value is -3.20. The third-order valence-corrected chi connectivity index (χ3v) is 4.23. The molecule has 0 aliphatic heterocycles. The Morgan fingerprint density at radius 3 is 1.78 bits per heavy atom. The summed E-state index contributed by atoms with van der Waals surface area (Å²) in [5, 5.41) is 0. The van der Waals surface area contributed by atoms with Gasteiger partial charge in [-0.2, -0.15) is 0 Å². The lowest BCUT2D eigenvalue weighted by Gasteiger charge is -2.16. The number of carbonyl (C=O) groups is 1. The highest BCUT2D eigenvalue weighted by Gasteiger charge is 2.18. The molecule has 0 aliphatic rings. The second kappa shape index (κ2) is 9.48. The number of esters is 1. The van der Waals surface area contributed by atoms with Crippen molar-refractivity contribution in [1.82, 2.24) is 0 Å². The van der Waals surface area contributed by atoms with Gasteiger partial charge in [0.15, 0.2) is 0 Å². The van der Waals surface area contributed by atoms with E-state index in [1.807, 2.05) is 97.9 Å². The molecule has 27 heavy (non-hydrogen) atoms. The van der Waals surface area contributed by atoms with Crippen LogP contribution in [0.4, 0.5) is 0 Å². The van der Waals surface area contributed by atoms with Gasteiger partial charge in [0.2, 0.25) is 0 Å². The summed E-state index contributed by atoms with van der Waals surface area (Å²) in [4.78, 5) is 17.2. The first-order valence-corrected chi connectivity index (χ1v) is 9.17. The van der Waals surface area contributed by atoms with E-state index in [0.717, 1.165) is 22.4 Å². The normalized spacial score (nSPS) is 11.4. The molecule has 3 nitrogen and oxygen atoms in total. The van der Waals surface area contributed by atoms with Crippen molar-refractivity contribution >= 4 is 11.7 Å². The molecule has 0 heterocycles. The third kappa shape index (κ3) is 5.14. The molecule has 0 N–H and O–H groups in total. The molecule has 3 aromatic rings. The number of hydrogen-bond acceptors (Lipinski definition) is 3. The van der Waals surface area contributed by atoms with Crippen molar-refractivity contribution in [2.45, 2.75) is 19.4 Å². The molecule has 3 rings (SSSR count). The predicted octanol–water partition coefficient (Wildman–Crippen LogP) is 5.22. The Balaban J connectivity index is 2.06. The van der Waals surface area contributed by atoms with Gasteiger partial charge in [-0.1, -0.05) is 91.0 Å². The fraction of sp³-hybridized carbons (Fsp3) is 0.167. The van der Waals surface area contributed by atoms with E-state index in [2.05, 4.69) is 0 Å². The van der Waals surface area contributed by atoms with Crippen LogP contribution in [0.15, 0.2) is 96.0 Å². The van der Waals surface area contributed by atoms with Gasteiger partial charge in [-0.3, -0.25) is 9.79 Å². The summed E-state index contributed by atoms with van der Waals surface area (Å²) in [6.07, 6.45) is 0.209. The molecule has 0 saturated heterocycles. The minimum absolute atomic E-state index is 0.209. The van der Waals surface area contributed by atoms with Crippen LogP contribution in [0.3, 0.4) is 0 Å². The zero-order valence-electron chi connectivity index (χ0n) is 15.4. The van der Waals surface area contributed by atoms with Crippen molar-refractivity contribution in [2.75, 3.05) is 6.61 Å². The van der Waals surface area contributed by atoms with E-state index >= 15 is 0 Å². The number of benzene rings is 3. The van der Waals surface area contributed by atoms with Gasteiger partial charge in [0, 0.05) is 11.1 Å². The van der Waals surface area contributed by atoms with Crippen molar-refractivity contribution in [3.63, 3.8) is 0 Å². The molecule has 0 spiro atoms. The van der Waals surface area contributed by atoms with Gasteiger partial charge < -0.3 is 4.74 Å². The Kier molecular flexibility index (Phi) is 6.53. The molecular formula is C24H23NO2. The largest absolute Gasteiger partial charge is 0.466 e. The van der Waals surface area contributed by atoms with Crippen LogP contribution in [0, 0.1) is 0 Å². The highest BCUT2D eigenvalue weighted by atomic mass is 16.5. The van der Waals surface area contributed by atoms with Gasteiger partial charge >= 0.3 is 5.97 Å². The molecular weight excluding hydrogens is 334 g/mol. The lowest BCUT2D eigenvalue weighted by molar-refractivity contribution is -0.143. The van der Waals surface area contributed by atoms with Crippen LogP contribution in [0.5, 0.6) is 0 Å². The van der Waals surface area contributed by atoms with E-state index in [1.54, 1.807) is 0 Å². The van der Waals surface area contributed by atoms with E-state index in [-0.39, 0.29) is 18.4 Å². The molecule has 1 unspecified atom stereocenters. The summed E-state index contributed by atoms with van der Waals surface area (Å²) in [5.41, 5.74) is 3.91. The van der Waals surface area contributed by atoms with Crippen molar-refractivity contribution in [1.29, 1.82) is 0 Å². The van der Waals surface area contributed by atoms with E-state index < -0.39 is 0 Å². The van der Waals surface area contributed by atoms with Gasteiger partial charge in [0.25, 0.3) is 0 Å². The molecule has 0 radical (unpaired) electrons. The minimum atomic E-state index is -0.305. The summed E-state index contributed by atoms with van der Waals surface area (Å²) in [6.45, 7) is 2.19. The Labute approximate surface area is 160 Å². The number of hydrogen-bond donors (Lipinski definition) is 0. The summed E-state index contributed by atoms with van der Waals surface area (Å²) >= 11 is 0. The van der Waals surface area contributed by atoms with Crippen LogP contribution in [0.2, 0.25) is 0 Å². The Morgan fingerprint density at radius 2 is 1.30 bits per heavy atom. The van der Waals surface area contributed by atoms with Crippen molar-refractivity contribution in [3.8, 4) is 0 Å². The number of carbonyl (C=O) groups excluding carboxylic acids is 1. The summed E-state index contributed by atoms with van der Waals surface area (Å²) in [5.74, 6) is -0.240. The minimum Gasteiger partial charge on any atom is -0.466 e. The molecule has 1 atom stereocenters. The van der Waals surface area contributed by atoms with Gasteiger partial charge in [-0.25, -0.2) is 0 Å². The molecule has 136 valence electrons. The second-order valence-corrected chi connectivity index (χ2v) is 6.15. The zero-order valence-corrected chi connectivity index (χ0v) is 15.4. The van der Waals surface area contributed by atoms with Crippen LogP contribution >= 0.6 is 0 Å². The Bertz CT molecular complexity index is 833. The topological polar surface area (TPSA) is 38.7 Å². The third-order valence-electron chi connectivity index (χ3n) is 4.23. The van der Waals surface area contributed by atoms with E-state index in [9.17, 15) is 4.79 Å². The molecule has 0 amide bonds. The second-order valence-electron chi connectivity index (χ2n) is 6.15. The summed E-state index contributed by atoms with van der Waals surface area (Å²) in [6, 6.07) is 29.7. The van der Waals surface area contributed by atoms with Gasteiger partial charge in [0.1, 0.15) is 0 Å². The van der Waals surface area contributed by atoms with E-state index in [0.29, 0.717) is 6.61 Å². The maximum Gasteiger partial charge on any atom is 0.308 e. The molecule has 3 heteroatoms. The molecule has 3 aromatic carbocycles. The summed E-state index contributed by atoms with van der Waals surface area (Å²) < 4.78 is 5.18. The average molecular weight is 357 g/mol. The first kappa shape index (κ1) is 18.6. The van der Waals surface area contributed by atoms with Gasteiger partial charge in [-0.15, -0.1) is 0 Å². The maximum absolute atomic E-state index is 12.2. The van der Waals surface area contributed by atoms with Crippen LogP contribution < -0.4 is 0 Å². The highest BCUT2D eigenvalue weighted by Crippen LogP contribution is 2.25. The Morgan fingerprint density at radius 1 is 0.815 bits per heavy atom. The van der Waals surface area contributed by atoms with Gasteiger partial charge in [-0.05, 0) is 12.5 Å². The van der Waals surface area contributed by atoms with Crippen LogP contribution in [-0.4, -0.2) is 18.3 Å². The first-order valence-electron chi connectivity index (χ1n) is 9.17. The standard InChI is InChI=1S/C24H23NO2/c1-2-27-23(26)18-22(19-12-6-3-7-13-19)25-24(20-14-8-4-9-15-20)21-16-10-5-11-17-21/h3-17,22H,2,18H2,1H3. The number of ether oxygens (including phenoxy) is 1. The van der Waals surface area contributed by atoms with Crippen molar-refractivity contribution in [3.05, 3.63) is 108 Å². The molecule has 0 aliphatic carbocycles. The first-order chi connectivity index (χ1) is 13.3. The van der Waals surface area contributed by atoms with E-state index in [1.165, 1.54) is 0 Å². The van der Waals surface area contributed by atoms with E-state index in [4.69, 9.17) is 9.73 Å². The highest BCUT2D eigenvalue weighted by molar-refractivity contribution is 6.13. The number of aliphatic imine (C=N–C) groups is 1. The monoisotopic (exact) mass is 357 g/mol. The molecule has 0 aromatic heterocycles. The van der Waals surface area contributed by atoms with Crippen LogP contribution in [-0.2, 0) is 9.53 Å². The van der Waals surface area contributed by atoms with Gasteiger partial charge in [0.05, 0.1) is 24.8 Å². The molecule has 0 bridgehead atoms. The molecule has 0 saturated carbocycles. The number of nitrogens with zero attached hydrogens (tertiary/aromatic N) is 1.